The zero-order chi connectivity index (χ0) is 25.3. The SMILES string of the molecule is Cc1cc(=O)c(C(=O)Nc2ccc(C(=O)NC(C)(C)C)cc2)nn1-c1ccccc1C(F)(F)F. The summed E-state index contributed by atoms with van der Waals surface area (Å²) in [6.07, 6.45) is -4.66. The van der Waals surface area contributed by atoms with E-state index in [0.29, 0.717) is 5.56 Å². The standard InChI is InChI=1S/C24H23F3N4O3/c1-14-13-19(32)20(30-31(14)18-8-6-5-7-17(18)24(25,26)27)22(34)28-16-11-9-15(10-12-16)21(33)29-23(2,3)4/h5-13H,1-4H3,(H,28,34)(H,29,33). The molecule has 178 valence electrons. The molecule has 34 heavy (non-hydrogen) atoms. The molecule has 7 nitrogen and oxygen atoms in total. The first-order valence-electron chi connectivity index (χ1n) is 10.3. The lowest BCUT2D eigenvalue weighted by Crippen LogP contribution is -2.40. The van der Waals surface area contributed by atoms with Gasteiger partial charge in [0.2, 0.25) is 5.43 Å². The number of alkyl halides is 3. The van der Waals surface area contributed by atoms with Gasteiger partial charge in [-0.3, -0.25) is 14.4 Å². The molecule has 0 spiro atoms. The topological polar surface area (TPSA) is 93.1 Å². The molecule has 0 radical (unpaired) electrons. The Bertz CT molecular complexity index is 1290. The highest BCUT2D eigenvalue weighted by molar-refractivity contribution is 6.03. The Morgan fingerprint density at radius 3 is 2.15 bits per heavy atom. The van der Waals surface area contributed by atoms with Crippen molar-refractivity contribution >= 4 is 17.5 Å². The largest absolute Gasteiger partial charge is 0.418 e. The number of nitrogens with zero attached hydrogens (tertiary/aromatic N) is 2. The third kappa shape index (κ3) is 5.69. The van der Waals surface area contributed by atoms with Gasteiger partial charge in [0.25, 0.3) is 11.8 Å². The summed E-state index contributed by atoms with van der Waals surface area (Å²) in [4.78, 5) is 37.4. The van der Waals surface area contributed by atoms with Crippen LogP contribution in [0.25, 0.3) is 5.69 Å². The van der Waals surface area contributed by atoms with Crippen LogP contribution in [0.2, 0.25) is 0 Å². The second kappa shape index (κ2) is 9.12. The molecule has 0 bridgehead atoms. The molecule has 0 saturated heterocycles. The number of hydrogen-bond acceptors (Lipinski definition) is 4. The Kier molecular flexibility index (Phi) is 6.63. The molecule has 2 amide bonds. The number of aryl methyl sites for hydroxylation is 1. The van der Waals surface area contributed by atoms with Gasteiger partial charge in [-0.1, -0.05) is 12.1 Å². The van der Waals surface area contributed by atoms with E-state index in [2.05, 4.69) is 15.7 Å². The number of halogens is 3. The third-order valence-corrected chi connectivity index (χ3v) is 4.65. The molecule has 0 atom stereocenters. The van der Waals surface area contributed by atoms with Crippen LogP contribution < -0.4 is 16.1 Å². The van der Waals surface area contributed by atoms with Gasteiger partial charge in [0, 0.05) is 28.6 Å². The molecule has 10 heteroatoms. The molecule has 3 aromatic rings. The van der Waals surface area contributed by atoms with Gasteiger partial charge in [0.1, 0.15) is 0 Å². The minimum absolute atomic E-state index is 0.132. The van der Waals surface area contributed by atoms with E-state index >= 15 is 0 Å². The molecule has 0 unspecified atom stereocenters. The maximum absolute atomic E-state index is 13.5. The van der Waals surface area contributed by atoms with E-state index in [-0.39, 0.29) is 23.0 Å². The number of carbonyl (C=O) groups excluding carboxylic acids is 2. The highest BCUT2D eigenvalue weighted by atomic mass is 19.4. The van der Waals surface area contributed by atoms with Crippen LogP contribution in [0.15, 0.2) is 59.4 Å². The molecule has 2 N–H and O–H groups in total. The summed E-state index contributed by atoms with van der Waals surface area (Å²) in [6, 6.07) is 11.7. The van der Waals surface area contributed by atoms with Gasteiger partial charge in [0.05, 0.1) is 11.3 Å². The first-order chi connectivity index (χ1) is 15.8. The van der Waals surface area contributed by atoms with Crippen LogP contribution in [-0.4, -0.2) is 27.1 Å². The van der Waals surface area contributed by atoms with Crippen LogP contribution in [0.1, 0.15) is 52.9 Å². The van der Waals surface area contributed by atoms with Crippen LogP contribution in [0.4, 0.5) is 18.9 Å². The van der Waals surface area contributed by atoms with Crippen molar-refractivity contribution in [3.05, 3.63) is 87.3 Å². The van der Waals surface area contributed by atoms with Crippen molar-refractivity contribution in [1.82, 2.24) is 15.1 Å². The minimum atomic E-state index is -4.66. The summed E-state index contributed by atoms with van der Waals surface area (Å²) < 4.78 is 41.3. The Hall–Kier alpha value is -3.95. The van der Waals surface area contributed by atoms with Crippen molar-refractivity contribution in [2.45, 2.75) is 39.4 Å². The summed E-state index contributed by atoms with van der Waals surface area (Å²) in [5.41, 5.74) is -2.22. The van der Waals surface area contributed by atoms with E-state index in [4.69, 9.17) is 0 Å². The Morgan fingerprint density at radius 2 is 1.56 bits per heavy atom. The summed E-state index contributed by atoms with van der Waals surface area (Å²) in [5, 5.41) is 9.22. The fourth-order valence-electron chi connectivity index (χ4n) is 3.15. The number of nitrogens with one attached hydrogen (secondary N) is 2. The minimum Gasteiger partial charge on any atom is -0.347 e. The zero-order valence-corrected chi connectivity index (χ0v) is 18.9. The first-order valence-corrected chi connectivity index (χ1v) is 10.3. The van der Waals surface area contributed by atoms with Crippen LogP contribution in [-0.2, 0) is 6.18 Å². The summed E-state index contributed by atoms with van der Waals surface area (Å²) >= 11 is 0. The molecule has 2 aromatic carbocycles. The lowest BCUT2D eigenvalue weighted by atomic mass is 10.1. The predicted octanol–water partition coefficient (Wildman–Crippen LogP) is 4.34. The van der Waals surface area contributed by atoms with E-state index in [1.807, 2.05) is 20.8 Å². The zero-order valence-electron chi connectivity index (χ0n) is 18.9. The fourth-order valence-corrected chi connectivity index (χ4v) is 3.15. The second-order valence-corrected chi connectivity index (χ2v) is 8.66. The predicted molar refractivity (Wildman–Crippen MR) is 121 cm³/mol. The second-order valence-electron chi connectivity index (χ2n) is 8.66. The quantitative estimate of drug-likeness (QED) is 0.591. The van der Waals surface area contributed by atoms with Gasteiger partial charge >= 0.3 is 6.18 Å². The van der Waals surface area contributed by atoms with Crippen LogP contribution >= 0.6 is 0 Å². The summed E-state index contributed by atoms with van der Waals surface area (Å²) in [7, 11) is 0. The number of hydrogen-bond donors (Lipinski definition) is 2. The molecule has 1 aromatic heterocycles. The molecule has 0 fully saturated rings. The van der Waals surface area contributed by atoms with Gasteiger partial charge in [-0.2, -0.15) is 18.3 Å². The van der Waals surface area contributed by atoms with E-state index in [9.17, 15) is 27.6 Å². The van der Waals surface area contributed by atoms with Gasteiger partial charge in [-0.05, 0) is 64.1 Å². The summed E-state index contributed by atoms with van der Waals surface area (Å²) in [6.45, 7) is 6.94. The average Bonchev–Trinajstić information content (AvgIpc) is 2.72. The maximum Gasteiger partial charge on any atom is 0.418 e. The normalized spacial score (nSPS) is 11.7. The van der Waals surface area contributed by atoms with Gasteiger partial charge in [0.15, 0.2) is 5.69 Å². The smallest absolute Gasteiger partial charge is 0.347 e. The monoisotopic (exact) mass is 472 g/mol. The number of anilines is 1. The summed E-state index contributed by atoms with van der Waals surface area (Å²) in [5.74, 6) is -1.19. The third-order valence-electron chi connectivity index (χ3n) is 4.65. The maximum atomic E-state index is 13.5. The number of benzene rings is 2. The van der Waals surface area contributed by atoms with Crippen LogP contribution in [0.5, 0.6) is 0 Å². The van der Waals surface area contributed by atoms with Crippen molar-refractivity contribution in [2.24, 2.45) is 0 Å². The molecule has 3 rings (SSSR count). The van der Waals surface area contributed by atoms with E-state index in [0.717, 1.165) is 16.8 Å². The fraction of sp³-hybridized carbons (Fsp3) is 0.250. The van der Waals surface area contributed by atoms with Crippen molar-refractivity contribution in [3.63, 3.8) is 0 Å². The molecule has 0 aliphatic heterocycles. The van der Waals surface area contributed by atoms with Crippen molar-refractivity contribution < 1.29 is 22.8 Å². The molecule has 1 heterocycles. The lowest BCUT2D eigenvalue weighted by Gasteiger charge is -2.20. The number of para-hydroxylation sites is 1. The van der Waals surface area contributed by atoms with Gasteiger partial charge in [-0.25, -0.2) is 4.68 Å². The average molecular weight is 472 g/mol. The molecular formula is C24H23F3N4O3. The van der Waals surface area contributed by atoms with Crippen molar-refractivity contribution in [1.29, 1.82) is 0 Å². The lowest BCUT2D eigenvalue weighted by molar-refractivity contribution is -0.137. The number of aromatic nitrogens is 2. The van der Waals surface area contributed by atoms with E-state index in [1.165, 1.54) is 49.4 Å². The molecule has 0 aliphatic rings. The highest BCUT2D eigenvalue weighted by Gasteiger charge is 2.34. The van der Waals surface area contributed by atoms with E-state index < -0.39 is 34.3 Å². The van der Waals surface area contributed by atoms with E-state index in [1.54, 1.807) is 0 Å². The van der Waals surface area contributed by atoms with Gasteiger partial charge in [-0.15, -0.1) is 0 Å². The number of amides is 2. The van der Waals surface area contributed by atoms with Gasteiger partial charge < -0.3 is 10.6 Å². The van der Waals surface area contributed by atoms with Crippen molar-refractivity contribution in [2.75, 3.05) is 5.32 Å². The number of carbonyl (C=O) groups is 2. The van der Waals surface area contributed by atoms with Crippen LogP contribution in [0.3, 0.4) is 0 Å². The molecule has 0 saturated carbocycles. The Morgan fingerprint density at radius 1 is 0.941 bits per heavy atom. The van der Waals surface area contributed by atoms with Crippen molar-refractivity contribution in [3.8, 4) is 5.69 Å². The highest BCUT2D eigenvalue weighted by Crippen LogP contribution is 2.33. The Balaban J connectivity index is 1.90. The van der Waals surface area contributed by atoms with Crippen LogP contribution in [0, 0.1) is 6.92 Å². The first kappa shape index (κ1) is 24.7. The Labute approximate surface area is 193 Å². The number of rotatable bonds is 4. The molecular weight excluding hydrogens is 449 g/mol. The molecule has 0 aliphatic carbocycles.